The van der Waals surface area contributed by atoms with E-state index in [-0.39, 0.29) is 12.2 Å². The molecular formula is C13H14N2O3. The number of aromatic nitrogens is 2. The van der Waals surface area contributed by atoms with E-state index < -0.39 is 0 Å². The second kappa shape index (κ2) is 5.35. The summed E-state index contributed by atoms with van der Waals surface area (Å²) in [6.07, 6.45) is 3.48. The SMILES string of the molecule is COc1cccc(OC)c1C(=O)Cc1ncc[nH]1. The molecule has 5 nitrogen and oxygen atoms in total. The fraction of sp³-hybridized carbons (Fsp3) is 0.231. The third-order valence-electron chi connectivity index (χ3n) is 2.59. The molecule has 1 N–H and O–H groups in total. The minimum absolute atomic E-state index is 0.0979. The van der Waals surface area contributed by atoms with Gasteiger partial charge in [-0.2, -0.15) is 0 Å². The predicted molar refractivity (Wildman–Crippen MR) is 66.2 cm³/mol. The average Bonchev–Trinajstić information content (AvgIpc) is 2.90. The van der Waals surface area contributed by atoms with Crippen molar-refractivity contribution < 1.29 is 14.3 Å². The number of imidazole rings is 1. The maximum absolute atomic E-state index is 12.3. The van der Waals surface area contributed by atoms with Gasteiger partial charge in [0.15, 0.2) is 5.78 Å². The van der Waals surface area contributed by atoms with E-state index >= 15 is 0 Å². The third kappa shape index (κ3) is 2.34. The van der Waals surface area contributed by atoms with Gasteiger partial charge in [-0.25, -0.2) is 4.98 Å². The molecule has 0 spiro atoms. The first-order valence-corrected chi connectivity index (χ1v) is 5.48. The van der Waals surface area contributed by atoms with Gasteiger partial charge in [0.05, 0.1) is 20.6 Å². The molecule has 0 amide bonds. The molecule has 18 heavy (non-hydrogen) atoms. The van der Waals surface area contributed by atoms with E-state index in [0.29, 0.717) is 22.9 Å². The second-order valence-corrected chi connectivity index (χ2v) is 3.67. The molecule has 0 aliphatic carbocycles. The lowest BCUT2D eigenvalue weighted by Gasteiger charge is -2.11. The van der Waals surface area contributed by atoms with Gasteiger partial charge in [0.25, 0.3) is 0 Å². The molecule has 1 aromatic carbocycles. The smallest absolute Gasteiger partial charge is 0.177 e. The van der Waals surface area contributed by atoms with Crippen molar-refractivity contribution in [2.24, 2.45) is 0 Å². The van der Waals surface area contributed by atoms with Crippen molar-refractivity contribution >= 4 is 5.78 Å². The highest BCUT2D eigenvalue weighted by molar-refractivity contribution is 6.02. The van der Waals surface area contributed by atoms with Crippen molar-refractivity contribution in [3.05, 3.63) is 42.0 Å². The molecular weight excluding hydrogens is 232 g/mol. The Labute approximate surface area is 105 Å². The van der Waals surface area contributed by atoms with Gasteiger partial charge in [-0.15, -0.1) is 0 Å². The number of hydrogen-bond donors (Lipinski definition) is 1. The van der Waals surface area contributed by atoms with Gasteiger partial charge in [0.1, 0.15) is 22.9 Å². The largest absolute Gasteiger partial charge is 0.496 e. The summed E-state index contributed by atoms with van der Waals surface area (Å²) in [6, 6.07) is 5.25. The lowest BCUT2D eigenvalue weighted by molar-refractivity contribution is 0.0985. The van der Waals surface area contributed by atoms with Gasteiger partial charge in [-0.1, -0.05) is 6.07 Å². The average molecular weight is 246 g/mol. The minimum Gasteiger partial charge on any atom is -0.496 e. The summed E-state index contributed by atoms with van der Waals surface area (Å²) in [5.41, 5.74) is 0.443. The molecule has 94 valence electrons. The molecule has 1 heterocycles. The Bertz CT molecular complexity index is 513. The van der Waals surface area contributed by atoms with E-state index in [2.05, 4.69) is 9.97 Å². The summed E-state index contributed by atoms with van der Waals surface area (Å²) < 4.78 is 10.4. The molecule has 0 aliphatic heterocycles. The second-order valence-electron chi connectivity index (χ2n) is 3.67. The topological polar surface area (TPSA) is 64.2 Å². The predicted octanol–water partition coefficient (Wildman–Crippen LogP) is 1.85. The number of carbonyl (C=O) groups excluding carboxylic acids is 1. The van der Waals surface area contributed by atoms with Crippen LogP contribution in [0.2, 0.25) is 0 Å². The van der Waals surface area contributed by atoms with Gasteiger partial charge in [0, 0.05) is 12.4 Å². The molecule has 0 aliphatic rings. The van der Waals surface area contributed by atoms with Crippen molar-refractivity contribution in [3.8, 4) is 11.5 Å². The van der Waals surface area contributed by atoms with Crippen LogP contribution >= 0.6 is 0 Å². The first-order valence-electron chi connectivity index (χ1n) is 5.48. The van der Waals surface area contributed by atoms with Crippen LogP contribution in [-0.4, -0.2) is 30.0 Å². The molecule has 0 bridgehead atoms. The molecule has 0 radical (unpaired) electrons. The Balaban J connectivity index is 2.33. The lowest BCUT2D eigenvalue weighted by atomic mass is 10.1. The van der Waals surface area contributed by atoms with Crippen molar-refractivity contribution in [1.82, 2.24) is 9.97 Å². The normalized spacial score (nSPS) is 10.1. The highest BCUT2D eigenvalue weighted by atomic mass is 16.5. The van der Waals surface area contributed by atoms with Gasteiger partial charge < -0.3 is 14.5 Å². The van der Waals surface area contributed by atoms with E-state index in [1.54, 1.807) is 30.6 Å². The van der Waals surface area contributed by atoms with Crippen LogP contribution in [0.5, 0.6) is 11.5 Å². The summed E-state index contributed by atoms with van der Waals surface area (Å²) in [7, 11) is 3.05. The number of Topliss-reactive ketones (excluding diaryl/α,β-unsaturated/α-hetero) is 1. The zero-order chi connectivity index (χ0) is 13.0. The Morgan fingerprint density at radius 3 is 2.44 bits per heavy atom. The number of rotatable bonds is 5. The quantitative estimate of drug-likeness (QED) is 0.818. The Kier molecular flexibility index (Phi) is 3.62. The molecule has 2 rings (SSSR count). The minimum atomic E-state index is -0.0979. The zero-order valence-electron chi connectivity index (χ0n) is 10.3. The van der Waals surface area contributed by atoms with Crippen LogP contribution in [0.3, 0.4) is 0 Å². The summed E-state index contributed by atoms with van der Waals surface area (Å²) in [6.45, 7) is 0. The molecule has 0 saturated carbocycles. The molecule has 0 unspecified atom stereocenters. The van der Waals surface area contributed by atoms with Crippen LogP contribution in [0.1, 0.15) is 16.2 Å². The van der Waals surface area contributed by atoms with Crippen molar-refractivity contribution in [3.63, 3.8) is 0 Å². The Morgan fingerprint density at radius 1 is 1.28 bits per heavy atom. The fourth-order valence-electron chi connectivity index (χ4n) is 1.76. The molecule has 0 fully saturated rings. The molecule has 5 heteroatoms. The Hall–Kier alpha value is -2.30. The first-order chi connectivity index (χ1) is 8.76. The lowest BCUT2D eigenvalue weighted by Crippen LogP contribution is -2.09. The number of aromatic amines is 1. The van der Waals surface area contributed by atoms with E-state index in [1.807, 2.05) is 0 Å². The van der Waals surface area contributed by atoms with Crippen LogP contribution in [-0.2, 0) is 6.42 Å². The number of ketones is 1. The highest BCUT2D eigenvalue weighted by Gasteiger charge is 2.18. The number of carbonyl (C=O) groups is 1. The molecule has 1 aromatic heterocycles. The summed E-state index contributed by atoms with van der Waals surface area (Å²) in [4.78, 5) is 19.2. The number of H-pyrrole nitrogens is 1. The first kappa shape index (κ1) is 12.2. The van der Waals surface area contributed by atoms with Crippen LogP contribution < -0.4 is 9.47 Å². The van der Waals surface area contributed by atoms with Crippen LogP contribution in [0.4, 0.5) is 0 Å². The number of ether oxygens (including phenoxy) is 2. The number of methoxy groups -OCH3 is 2. The van der Waals surface area contributed by atoms with E-state index in [1.165, 1.54) is 14.2 Å². The van der Waals surface area contributed by atoms with Gasteiger partial charge >= 0.3 is 0 Å². The summed E-state index contributed by atoms with van der Waals surface area (Å²) >= 11 is 0. The van der Waals surface area contributed by atoms with E-state index in [4.69, 9.17) is 9.47 Å². The van der Waals surface area contributed by atoms with Crippen molar-refractivity contribution in [1.29, 1.82) is 0 Å². The molecule has 0 saturated heterocycles. The summed E-state index contributed by atoms with van der Waals surface area (Å²) in [5, 5.41) is 0. The van der Waals surface area contributed by atoms with Crippen LogP contribution in [0.25, 0.3) is 0 Å². The van der Waals surface area contributed by atoms with Gasteiger partial charge in [0.2, 0.25) is 0 Å². The number of nitrogens with zero attached hydrogens (tertiary/aromatic N) is 1. The molecule has 0 atom stereocenters. The Morgan fingerprint density at radius 2 is 1.94 bits per heavy atom. The molecule has 2 aromatic rings. The third-order valence-corrected chi connectivity index (χ3v) is 2.59. The van der Waals surface area contributed by atoms with Crippen molar-refractivity contribution in [2.75, 3.05) is 14.2 Å². The van der Waals surface area contributed by atoms with Crippen LogP contribution in [0, 0.1) is 0 Å². The van der Waals surface area contributed by atoms with Crippen molar-refractivity contribution in [2.45, 2.75) is 6.42 Å². The van der Waals surface area contributed by atoms with Gasteiger partial charge in [-0.3, -0.25) is 4.79 Å². The van der Waals surface area contributed by atoms with E-state index in [9.17, 15) is 4.79 Å². The summed E-state index contributed by atoms with van der Waals surface area (Å²) in [5.74, 6) is 1.53. The number of benzene rings is 1. The monoisotopic (exact) mass is 246 g/mol. The maximum atomic E-state index is 12.3. The number of nitrogens with one attached hydrogen (secondary N) is 1. The van der Waals surface area contributed by atoms with Gasteiger partial charge in [-0.05, 0) is 12.1 Å². The zero-order valence-corrected chi connectivity index (χ0v) is 10.3. The van der Waals surface area contributed by atoms with Crippen LogP contribution in [0.15, 0.2) is 30.6 Å². The van der Waals surface area contributed by atoms with E-state index in [0.717, 1.165) is 0 Å². The standard InChI is InChI=1S/C13H14N2O3/c1-17-10-4-3-5-11(18-2)13(10)9(16)8-12-14-6-7-15-12/h3-7H,8H2,1-2H3,(H,14,15). The fourth-order valence-corrected chi connectivity index (χ4v) is 1.76. The maximum Gasteiger partial charge on any atom is 0.177 e. The highest BCUT2D eigenvalue weighted by Crippen LogP contribution is 2.29. The number of hydrogen-bond acceptors (Lipinski definition) is 4.